The first kappa shape index (κ1) is 19.1. The summed E-state index contributed by atoms with van der Waals surface area (Å²) < 4.78 is 23.6. The van der Waals surface area contributed by atoms with Crippen LogP contribution < -0.4 is 5.32 Å². The minimum Gasteiger partial charge on any atom is -0.324 e. The van der Waals surface area contributed by atoms with Gasteiger partial charge < -0.3 is 14.4 Å². The molecule has 0 saturated carbocycles. The lowest BCUT2D eigenvalue weighted by Gasteiger charge is -2.25. The number of carbonyl (C=O) groups excluding carboxylic acids is 1. The molecule has 8 heteroatoms. The molecule has 1 aliphatic rings. The highest BCUT2D eigenvalue weighted by Gasteiger charge is 2.48. The molecule has 0 bridgehead atoms. The van der Waals surface area contributed by atoms with E-state index in [9.17, 15) is 9.36 Å². The van der Waals surface area contributed by atoms with Crippen molar-refractivity contribution in [1.29, 1.82) is 0 Å². The SMILES string of the molecule is CCOP(=O)(OCC)[C@@H]1C[C@H](C(=O)Nc2cccc(C)c2)ON1C. The van der Waals surface area contributed by atoms with E-state index in [4.69, 9.17) is 13.9 Å². The van der Waals surface area contributed by atoms with Gasteiger partial charge in [0.15, 0.2) is 6.10 Å². The average Bonchev–Trinajstić information content (AvgIpc) is 2.90. The quantitative estimate of drug-likeness (QED) is 0.756. The Hall–Kier alpha value is -1.24. The van der Waals surface area contributed by atoms with Gasteiger partial charge in [0.2, 0.25) is 0 Å². The van der Waals surface area contributed by atoms with E-state index in [2.05, 4.69) is 5.32 Å². The topological polar surface area (TPSA) is 77.1 Å². The normalized spacial score (nSPS) is 21.8. The van der Waals surface area contributed by atoms with Crippen LogP contribution in [0.25, 0.3) is 0 Å². The molecule has 1 amide bonds. The van der Waals surface area contributed by atoms with Gasteiger partial charge in [0.1, 0.15) is 5.78 Å². The van der Waals surface area contributed by atoms with E-state index in [1.165, 1.54) is 5.06 Å². The second kappa shape index (κ2) is 8.23. The Bertz CT molecular complexity index is 614. The summed E-state index contributed by atoms with van der Waals surface area (Å²) in [6.45, 7) is 5.99. The number of benzene rings is 1. The van der Waals surface area contributed by atoms with Crippen molar-refractivity contribution in [3.05, 3.63) is 29.8 Å². The maximum absolute atomic E-state index is 12.9. The predicted molar refractivity (Wildman–Crippen MR) is 91.7 cm³/mol. The molecule has 134 valence electrons. The molecular weight excluding hydrogens is 331 g/mol. The third kappa shape index (κ3) is 4.43. The molecule has 1 heterocycles. The van der Waals surface area contributed by atoms with Gasteiger partial charge in [-0.1, -0.05) is 12.1 Å². The molecule has 1 N–H and O–H groups in total. The molecular formula is C16H25N2O5P. The zero-order valence-electron chi connectivity index (χ0n) is 14.5. The minimum atomic E-state index is -3.37. The number of aryl methyl sites for hydroxylation is 1. The lowest BCUT2D eigenvalue weighted by Crippen LogP contribution is -2.28. The maximum atomic E-state index is 12.9. The van der Waals surface area contributed by atoms with Crippen molar-refractivity contribution in [3.63, 3.8) is 0 Å². The Morgan fingerprint density at radius 3 is 2.62 bits per heavy atom. The number of anilines is 1. The summed E-state index contributed by atoms with van der Waals surface area (Å²) in [5.74, 6) is -0.889. The van der Waals surface area contributed by atoms with E-state index in [1.807, 2.05) is 31.2 Å². The van der Waals surface area contributed by atoms with Crippen LogP contribution in [0.3, 0.4) is 0 Å². The Labute approximate surface area is 142 Å². The maximum Gasteiger partial charge on any atom is 0.350 e. The first-order valence-electron chi connectivity index (χ1n) is 8.05. The van der Waals surface area contributed by atoms with Crippen LogP contribution in [-0.2, 0) is 23.2 Å². The average molecular weight is 356 g/mol. The Morgan fingerprint density at radius 2 is 2.04 bits per heavy atom. The zero-order valence-corrected chi connectivity index (χ0v) is 15.4. The van der Waals surface area contributed by atoms with Crippen molar-refractivity contribution in [2.45, 2.75) is 39.1 Å². The van der Waals surface area contributed by atoms with E-state index in [1.54, 1.807) is 20.9 Å². The van der Waals surface area contributed by atoms with Gasteiger partial charge in [-0.15, -0.1) is 0 Å². The van der Waals surface area contributed by atoms with Crippen LogP contribution in [-0.4, -0.2) is 43.1 Å². The molecule has 1 fully saturated rings. The molecule has 1 aromatic rings. The standard InChI is InChI=1S/C16H25N2O5P/c1-5-21-24(20,22-6-2)15-11-14(23-18(15)4)16(19)17-13-9-7-8-12(3)10-13/h7-10,14-15H,5-6,11H2,1-4H3,(H,17,19)/t14-,15-/m1/s1. The number of hydrogen-bond donors (Lipinski definition) is 1. The highest BCUT2D eigenvalue weighted by Crippen LogP contribution is 2.57. The van der Waals surface area contributed by atoms with Crippen molar-refractivity contribution in [1.82, 2.24) is 5.06 Å². The molecule has 0 aliphatic carbocycles. The summed E-state index contributed by atoms with van der Waals surface area (Å²) in [6, 6.07) is 7.51. The van der Waals surface area contributed by atoms with E-state index < -0.39 is 19.5 Å². The van der Waals surface area contributed by atoms with Crippen molar-refractivity contribution >= 4 is 19.2 Å². The van der Waals surface area contributed by atoms with Crippen LogP contribution in [0.4, 0.5) is 5.69 Å². The van der Waals surface area contributed by atoms with Gasteiger partial charge in [0.25, 0.3) is 5.91 Å². The minimum absolute atomic E-state index is 0.241. The van der Waals surface area contributed by atoms with Crippen LogP contribution in [0.15, 0.2) is 24.3 Å². The van der Waals surface area contributed by atoms with Crippen molar-refractivity contribution in [2.24, 2.45) is 0 Å². The fourth-order valence-corrected chi connectivity index (χ4v) is 4.69. The van der Waals surface area contributed by atoms with E-state index in [0.717, 1.165) is 5.56 Å². The highest BCUT2D eigenvalue weighted by atomic mass is 31.2. The lowest BCUT2D eigenvalue weighted by molar-refractivity contribution is -0.155. The van der Waals surface area contributed by atoms with E-state index in [0.29, 0.717) is 5.69 Å². The van der Waals surface area contributed by atoms with Crippen LogP contribution in [0.5, 0.6) is 0 Å². The number of nitrogens with one attached hydrogen (secondary N) is 1. The van der Waals surface area contributed by atoms with Crippen LogP contribution in [0, 0.1) is 6.92 Å². The largest absolute Gasteiger partial charge is 0.350 e. The fraction of sp³-hybridized carbons (Fsp3) is 0.562. The van der Waals surface area contributed by atoms with Gasteiger partial charge in [-0.3, -0.25) is 14.2 Å². The first-order valence-corrected chi connectivity index (χ1v) is 9.66. The third-order valence-electron chi connectivity index (χ3n) is 3.70. The van der Waals surface area contributed by atoms with Gasteiger partial charge in [-0.05, 0) is 38.5 Å². The van der Waals surface area contributed by atoms with Gasteiger partial charge >= 0.3 is 7.60 Å². The van der Waals surface area contributed by atoms with Crippen molar-refractivity contribution in [3.8, 4) is 0 Å². The van der Waals surface area contributed by atoms with E-state index in [-0.39, 0.29) is 25.5 Å². The molecule has 0 aromatic heterocycles. The highest BCUT2D eigenvalue weighted by molar-refractivity contribution is 7.54. The summed E-state index contributed by atoms with van der Waals surface area (Å²) in [6.07, 6.45) is -0.499. The summed E-state index contributed by atoms with van der Waals surface area (Å²) >= 11 is 0. The van der Waals surface area contributed by atoms with Gasteiger partial charge in [-0.2, -0.15) is 5.06 Å². The summed E-state index contributed by atoms with van der Waals surface area (Å²) in [5.41, 5.74) is 1.75. The molecule has 0 spiro atoms. The molecule has 1 aromatic carbocycles. The Balaban J connectivity index is 2.06. The molecule has 1 aliphatic heterocycles. The number of nitrogens with zero attached hydrogens (tertiary/aromatic N) is 1. The van der Waals surface area contributed by atoms with Crippen molar-refractivity contribution < 1.29 is 23.2 Å². The second-order valence-electron chi connectivity index (χ2n) is 5.59. The number of rotatable bonds is 7. The van der Waals surface area contributed by atoms with Crippen molar-refractivity contribution in [2.75, 3.05) is 25.6 Å². The van der Waals surface area contributed by atoms with Crippen LogP contribution in [0.2, 0.25) is 0 Å². The fourth-order valence-electron chi connectivity index (χ4n) is 2.65. The van der Waals surface area contributed by atoms with E-state index >= 15 is 0 Å². The molecule has 24 heavy (non-hydrogen) atoms. The molecule has 0 radical (unpaired) electrons. The smallest absolute Gasteiger partial charge is 0.324 e. The molecule has 2 atom stereocenters. The number of carbonyl (C=O) groups is 1. The predicted octanol–water partition coefficient (Wildman–Crippen LogP) is 3.16. The zero-order chi connectivity index (χ0) is 17.7. The summed E-state index contributed by atoms with van der Waals surface area (Å²) in [7, 11) is -1.74. The Morgan fingerprint density at radius 1 is 1.38 bits per heavy atom. The first-order chi connectivity index (χ1) is 11.4. The summed E-state index contributed by atoms with van der Waals surface area (Å²) in [4.78, 5) is 18.0. The van der Waals surface area contributed by atoms with Crippen LogP contribution in [0.1, 0.15) is 25.8 Å². The monoisotopic (exact) mass is 356 g/mol. The molecule has 0 unspecified atom stereocenters. The molecule has 7 nitrogen and oxygen atoms in total. The number of hydrogen-bond acceptors (Lipinski definition) is 6. The third-order valence-corrected chi connectivity index (χ3v) is 6.20. The molecule has 1 saturated heterocycles. The van der Waals surface area contributed by atoms with Gasteiger partial charge in [0.05, 0.1) is 13.2 Å². The second-order valence-corrected chi connectivity index (χ2v) is 7.78. The van der Waals surface area contributed by atoms with Crippen LogP contribution >= 0.6 is 7.60 Å². The number of hydroxylamine groups is 2. The lowest BCUT2D eigenvalue weighted by atomic mass is 10.2. The summed E-state index contributed by atoms with van der Waals surface area (Å²) in [5, 5.41) is 4.23. The van der Waals surface area contributed by atoms with Gasteiger partial charge in [-0.25, -0.2) is 0 Å². The number of amides is 1. The Kier molecular flexibility index (Phi) is 6.54. The van der Waals surface area contributed by atoms with Gasteiger partial charge in [0, 0.05) is 19.2 Å². The molecule has 2 rings (SSSR count).